The van der Waals surface area contributed by atoms with Gasteiger partial charge < -0.3 is 9.84 Å². The molecule has 1 aromatic carbocycles. The van der Waals surface area contributed by atoms with Crippen LogP contribution < -0.4 is 5.32 Å². The molecular formula is C18H13N3O2S. The number of hydrogen-bond donors (Lipinski definition) is 1. The molecule has 6 heteroatoms. The van der Waals surface area contributed by atoms with Crippen LogP contribution in [0.15, 0.2) is 58.6 Å². The molecule has 0 saturated carbocycles. The standard InChI is InChI=1S/C18H13N3O2S/c1-11-6-7-13(12-4-2-8-19-17(11)12)20-18(22)14-10-15(23-21-14)16-5-3-9-24-16/h2-10H,1H3,(H,20,22). The molecule has 4 aromatic rings. The van der Waals surface area contributed by atoms with Gasteiger partial charge in [0.05, 0.1) is 16.1 Å². The molecule has 0 aliphatic heterocycles. The fraction of sp³-hybridized carbons (Fsp3) is 0.0556. The van der Waals surface area contributed by atoms with Gasteiger partial charge in [0.15, 0.2) is 11.5 Å². The number of thiophene rings is 1. The molecule has 118 valence electrons. The summed E-state index contributed by atoms with van der Waals surface area (Å²) in [6, 6.07) is 13.1. The zero-order valence-electron chi connectivity index (χ0n) is 12.8. The Bertz CT molecular complexity index is 1020. The summed E-state index contributed by atoms with van der Waals surface area (Å²) in [5, 5.41) is 9.60. The lowest BCUT2D eigenvalue weighted by atomic mass is 10.1. The molecule has 1 N–H and O–H groups in total. The first-order valence-corrected chi connectivity index (χ1v) is 8.26. The highest BCUT2D eigenvalue weighted by atomic mass is 32.1. The highest BCUT2D eigenvalue weighted by Gasteiger charge is 2.15. The molecule has 5 nitrogen and oxygen atoms in total. The van der Waals surface area contributed by atoms with Crippen molar-refractivity contribution in [2.24, 2.45) is 0 Å². The van der Waals surface area contributed by atoms with Gasteiger partial charge in [0.25, 0.3) is 5.91 Å². The molecule has 0 bridgehead atoms. The van der Waals surface area contributed by atoms with Crippen LogP contribution in [0.3, 0.4) is 0 Å². The summed E-state index contributed by atoms with van der Waals surface area (Å²) in [6.07, 6.45) is 1.74. The number of aryl methyl sites for hydroxylation is 1. The van der Waals surface area contributed by atoms with E-state index in [4.69, 9.17) is 4.52 Å². The fourth-order valence-corrected chi connectivity index (χ4v) is 3.20. The van der Waals surface area contributed by atoms with Crippen LogP contribution in [-0.4, -0.2) is 16.0 Å². The summed E-state index contributed by atoms with van der Waals surface area (Å²) in [7, 11) is 0. The Labute approximate surface area is 141 Å². The normalized spacial score (nSPS) is 10.9. The number of benzene rings is 1. The predicted octanol–water partition coefficient (Wildman–Crippen LogP) is 4.51. The van der Waals surface area contributed by atoms with Crippen molar-refractivity contribution in [1.82, 2.24) is 10.1 Å². The highest BCUT2D eigenvalue weighted by Crippen LogP contribution is 2.27. The van der Waals surface area contributed by atoms with E-state index >= 15 is 0 Å². The van der Waals surface area contributed by atoms with Crippen molar-refractivity contribution in [2.45, 2.75) is 6.92 Å². The average molecular weight is 335 g/mol. The number of pyridine rings is 1. The van der Waals surface area contributed by atoms with Crippen molar-refractivity contribution in [3.63, 3.8) is 0 Å². The Hall–Kier alpha value is -2.99. The van der Waals surface area contributed by atoms with Crippen molar-refractivity contribution < 1.29 is 9.32 Å². The van der Waals surface area contributed by atoms with Crippen LogP contribution in [0, 0.1) is 6.92 Å². The molecule has 0 radical (unpaired) electrons. The molecule has 0 unspecified atom stereocenters. The molecule has 0 atom stereocenters. The van der Waals surface area contributed by atoms with Crippen LogP contribution in [0.2, 0.25) is 0 Å². The SMILES string of the molecule is Cc1ccc(NC(=O)c2cc(-c3cccs3)on2)c2cccnc12. The van der Waals surface area contributed by atoms with E-state index in [2.05, 4.69) is 15.5 Å². The summed E-state index contributed by atoms with van der Waals surface area (Å²) in [4.78, 5) is 17.8. The minimum absolute atomic E-state index is 0.246. The third-order valence-corrected chi connectivity index (χ3v) is 4.61. The number of hydrogen-bond acceptors (Lipinski definition) is 5. The van der Waals surface area contributed by atoms with Crippen molar-refractivity contribution in [3.8, 4) is 10.6 Å². The molecule has 0 fully saturated rings. The summed E-state index contributed by atoms with van der Waals surface area (Å²) < 4.78 is 5.26. The number of nitrogens with zero attached hydrogens (tertiary/aromatic N) is 2. The van der Waals surface area contributed by atoms with E-state index in [0.29, 0.717) is 11.4 Å². The van der Waals surface area contributed by atoms with Crippen LogP contribution in [0.25, 0.3) is 21.5 Å². The van der Waals surface area contributed by atoms with Crippen LogP contribution >= 0.6 is 11.3 Å². The quantitative estimate of drug-likeness (QED) is 0.598. The minimum Gasteiger partial charge on any atom is -0.355 e. The van der Waals surface area contributed by atoms with Gasteiger partial charge in [-0.1, -0.05) is 17.3 Å². The summed E-state index contributed by atoms with van der Waals surface area (Å²) in [5.74, 6) is 0.279. The van der Waals surface area contributed by atoms with E-state index in [1.165, 1.54) is 11.3 Å². The van der Waals surface area contributed by atoms with Gasteiger partial charge in [0, 0.05) is 17.6 Å². The Morgan fingerprint density at radius 1 is 1.21 bits per heavy atom. The highest BCUT2D eigenvalue weighted by molar-refractivity contribution is 7.13. The number of anilines is 1. The Morgan fingerprint density at radius 3 is 2.96 bits per heavy atom. The van der Waals surface area contributed by atoms with Crippen molar-refractivity contribution >= 4 is 33.8 Å². The first-order valence-electron chi connectivity index (χ1n) is 7.38. The van der Waals surface area contributed by atoms with E-state index in [9.17, 15) is 4.79 Å². The van der Waals surface area contributed by atoms with E-state index in [0.717, 1.165) is 21.3 Å². The second-order valence-electron chi connectivity index (χ2n) is 5.34. The third-order valence-electron chi connectivity index (χ3n) is 3.73. The zero-order chi connectivity index (χ0) is 16.5. The number of carbonyl (C=O) groups excluding carboxylic acids is 1. The predicted molar refractivity (Wildman–Crippen MR) is 94.2 cm³/mol. The number of carbonyl (C=O) groups is 1. The lowest BCUT2D eigenvalue weighted by Gasteiger charge is -2.08. The molecule has 24 heavy (non-hydrogen) atoms. The number of aromatic nitrogens is 2. The van der Waals surface area contributed by atoms with E-state index in [1.807, 2.05) is 48.7 Å². The maximum Gasteiger partial charge on any atom is 0.277 e. The molecule has 4 rings (SSSR count). The van der Waals surface area contributed by atoms with Gasteiger partial charge in [-0.25, -0.2) is 0 Å². The molecule has 0 saturated heterocycles. The van der Waals surface area contributed by atoms with E-state index in [1.54, 1.807) is 12.3 Å². The second kappa shape index (κ2) is 5.90. The van der Waals surface area contributed by atoms with Crippen molar-refractivity contribution in [1.29, 1.82) is 0 Å². The zero-order valence-corrected chi connectivity index (χ0v) is 13.6. The van der Waals surface area contributed by atoms with Crippen LogP contribution in [0.1, 0.15) is 16.1 Å². The van der Waals surface area contributed by atoms with Gasteiger partial charge in [-0.2, -0.15) is 0 Å². The molecular weight excluding hydrogens is 322 g/mol. The lowest BCUT2D eigenvalue weighted by Crippen LogP contribution is -2.12. The Kier molecular flexibility index (Phi) is 3.59. The molecule has 1 amide bonds. The monoisotopic (exact) mass is 335 g/mol. The van der Waals surface area contributed by atoms with Crippen molar-refractivity contribution in [2.75, 3.05) is 5.32 Å². The Balaban J connectivity index is 1.64. The van der Waals surface area contributed by atoms with Gasteiger partial charge in [-0.3, -0.25) is 9.78 Å². The minimum atomic E-state index is -0.310. The lowest BCUT2D eigenvalue weighted by molar-refractivity contribution is 0.101. The largest absolute Gasteiger partial charge is 0.355 e. The average Bonchev–Trinajstić information content (AvgIpc) is 3.28. The molecule has 3 heterocycles. The molecule has 0 aliphatic rings. The molecule has 0 spiro atoms. The van der Waals surface area contributed by atoms with Crippen LogP contribution in [0.4, 0.5) is 5.69 Å². The summed E-state index contributed by atoms with van der Waals surface area (Å²) in [6.45, 7) is 1.99. The maximum absolute atomic E-state index is 12.5. The van der Waals surface area contributed by atoms with Gasteiger partial charge in [0.2, 0.25) is 0 Å². The number of amides is 1. The van der Waals surface area contributed by atoms with Crippen LogP contribution in [0.5, 0.6) is 0 Å². The Morgan fingerprint density at radius 2 is 2.12 bits per heavy atom. The van der Waals surface area contributed by atoms with Crippen molar-refractivity contribution in [3.05, 3.63) is 65.3 Å². The fourth-order valence-electron chi connectivity index (χ4n) is 2.53. The number of fused-ring (bicyclic) bond motifs is 1. The van der Waals surface area contributed by atoms with E-state index in [-0.39, 0.29) is 11.6 Å². The molecule has 0 aliphatic carbocycles. The summed E-state index contributed by atoms with van der Waals surface area (Å²) in [5.41, 5.74) is 2.88. The first-order chi connectivity index (χ1) is 11.7. The van der Waals surface area contributed by atoms with Gasteiger partial charge in [-0.15, -0.1) is 11.3 Å². The number of rotatable bonds is 3. The second-order valence-corrected chi connectivity index (χ2v) is 6.29. The number of nitrogens with one attached hydrogen (secondary N) is 1. The van der Waals surface area contributed by atoms with E-state index < -0.39 is 0 Å². The van der Waals surface area contributed by atoms with Gasteiger partial charge in [-0.05, 0) is 42.1 Å². The first kappa shape index (κ1) is 14.6. The van der Waals surface area contributed by atoms with Gasteiger partial charge >= 0.3 is 0 Å². The topological polar surface area (TPSA) is 68.0 Å². The smallest absolute Gasteiger partial charge is 0.277 e. The van der Waals surface area contributed by atoms with Crippen LogP contribution in [-0.2, 0) is 0 Å². The maximum atomic E-state index is 12.5. The summed E-state index contributed by atoms with van der Waals surface area (Å²) >= 11 is 1.53. The molecule has 3 aromatic heterocycles. The van der Waals surface area contributed by atoms with Gasteiger partial charge in [0.1, 0.15) is 0 Å². The third kappa shape index (κ3) is 2.57.